The molecule has 0 N–H and O–H groups in total. The minimum Gasteiger partial charge on any atom is -0.459 e. The third-order valence-corrected chi connectivity index (χ3v) is 4.86. The number of hydrogen-bond acceptors (Lipinski definition) is 5. The van der Waals surface area contributed by atoms with Crippen molar-refractivity contribution in [1.82, 2.24) is 15.0 Å². The maximum absolute atomic E-state index is 12.5. The Morgan fingerprint density at radius 3 is 2.96 bits per heavy atom. The Morgan fingerprint density at radius 1 is 1.27 bits per heavy atom. The number of carbonyl (C=O) groups excluding carboxylic acids is 1. The van der Waals surface area contributed by atoms with E-state index in [0.717, 1.165) is 30.5 Å². The summed E-state index contributed by atoms with van der Waals surface area (Å²) in [5.74, 6) is 1.90. The normalized spacial score (nSPS) is 17.4. The smallest absolute Gasteiger partial charge is 0.289 e. The van der Waals surface area contributed by atoms with E-state index in [4.69, 9.17) is 8.94 Å². The standard InChI is InChI=1S/C20H21N3O3/c1-14-6-2-3-8-16(14)19-21-18(26-22-19)12-15-7-4-10-23(13-15)20(24)17-9-5-11-25-17/h2-3,5-6,8-9,11,15H,4,7,10,12-13H2,1H3/t15-/m0/s1. The summed E-state index contributed by atoms with van der Waals surface area (Å²) in [4.78, 5) is 18.9. The van der Waals surface area contributed by atoms with E-state index in [0.29, 0.717) is 36.4 Å². The lowest BCUT2D eigenvalue weighted by molar-refractivity contribution is 0.0636. The SMILES string of the molecule is Cc1ccccc1-c1noc(C[C@@H]2CCCN(C(=O)c3ccco3)C2)n1. The fraction of sp³-hybridized carbons (Fsp3) is 0.350. The van der Waals surface area contributed by atoms with Crippen LogP contribution < -0.4 is 0 Å². The molecule has 0 spiro atoms. The van der Waals surface area contributed by atoms with Gasteiger partial charge >= 0.3 is 0 Å². The predicted octanol–water partition coefficient (Wildman–Crippen LogP) is 3.73. The van der Waals surface area contributed by atoms with E-state index < -0.39 is 0 Å². The molecule has 1 saturated heterocycles. The summed E-state index contributed by atoms with van der Waals surface area (Å²) in [6, 6.07) is 11.4. The number of hydrogen-bond donors (Lipinski definition) is 0. The van der Waals surface area contributed by atoms with Gasteiger partial charge in [-0.2, -0.15) is 4.98 Å². The highest BCUT2D eigenvalue weighted by Crippen LogP contribution is 2.24. The van der Waals surface area contributed by atoms with Crippen LogP contribution in [-0.2, 0) is 6.42 Å². The second-order valence-electron chi connectivity index (χ2n) is 6.77. The van der Waals surface area contributed by atoms with Gasteiger partial charge in [-0.05, 0) is 43.4 Å². The molecule has 134 valence electrons. The number of furan rings is 1. The van der Waals surface area contributed by atoms with E-state index in [1.54, 1.807) is 12.1 Å². The highest BCUT2D eigenvalue weighted by Gasteiger charge is 2.27. The molecule has 1 aliphatic rings. The summed E-state index contributed by atoms with van der Waals surface area (Å²) in [6.45, 7) is 3.47. The van der Waals surface area contributed by atoms with Gasteiger partial charge in [0.15, 0.2) is 5.76 Å². The molecular weight excluding hydrogens is 330 g/mol. The van der Waals surface area contributed by atoms with Crippen molar-refractivity contribution in [2.45, 2.75) is 26.2 Å². The molecule has 1 amide bonds. The Balaban J connectivity index is 1.43. The van der Waals surface area contributed by atoms with Gasteiger partial charge in [0, 0.05) is 25.1 Å². The molecule has 6 heteroatoms. The van der Waals surface area contributed by atoms with Crippen LogP contribution in [0.5, 0.6) is 0 Å². The van der Waals surface area contributed by atoms with Crippen LogP contribution in [0.2, 0.25) is 0 Å². The van der Waals surface area contributed by atoms with Gasteiger partial charge in [-0.15, -0.1) is 0 Å². The molecule has 2 aromatic heterocycles. The highest BCUT2D eigenvalue weighted by atomic mass is 16.5. The number of carbonyl (C=O) groups is 1. The number of likely N-dealkylation sites (tertiary alicyclic amines) is 1. The van der Waals surface area contributed by atoms with Gasteiger partial charge in [-0.25, -0.2) is 0 Å². The number of aryl methyl sites for hydroxylation is 1. The third-order valence-electron chi connectivity index (χ3n) is 4.86. The molecule has 1 atom stereocenters. The van der Waals surface area contributed by atoms with Crippen LogP contribution in [0.4, 0.5) is 0 Å². The number of aromatic nitrogens is 2. The molecule has 26 heavy (non-hydrogen) atoms. The molecule has 1 fully saturated rings. The van der Waals surface area contributed by atoms with Gasteiger partial charge < -0.3 is 13.8 Å². The Labute approximate surface area is 151 Å². The van der Waals surface area contributed by atoms with E-state index in [1.165, 1.54) is 6.26 Å². The quantitative estimate of drug-likeness (QED) is 0.716. The molecule has 1 aliphatic heterocycles. The lowest BCUT2D eigenvalue weighted by atomic mass is 9.94. The van der Waals surface area contributed by atoms with Crippen molar-refractivity contribution < 1.29 is 13.7 Å². The summed E-state index contributed by atoms with van der Waals surface area (Å²) < 4.78 is 10.7. The van der Waals surface area contributed by atoms with Crippen LogP contribution in [0.15, 0.2) is 51.6 Å². The molecular formula is C20H21N3O3. The molecule has 0 saturated carbocycles. The zero-order valence-corrected chi connectivity index (χ0v) is 14.7. The fourth-order valence-corrected chi connectivity index (χ4v) is 3.49. The average Bonchev–Trinajstić information content (AvgIpc) is 3.34. The van der Waals surface area contributed by atoms with Gasteiger partial charge in [0.05, 0.1) is 6.26 Å². The summed E-state index contributed by atoms with van der Waals surface area (Å²) in [7, 11) is 0. The molecule has 0 aliphatic carbocycles. The van der Waals surface area contributed by atoms with Crippen LogP contribution in [0.3, 0.4) is 0 Å². The molecule has 1 aromatic carbocycles. The van der Waals surface area contributed by atoms with Crippen LogP contribution in [-0.4, -0.2) is 34.0 Å². The zero-order valence-electron chi connectivity index (χ0n) is 14.7. The van der Waals surface area contributed by atoms with E-state index in [1.807, 2.05) is 36.1 Å². The van der Waals surface area contributed by atoms with Crippen molar-refractivity contribution in [3.05, 3.63) is 59.9 Å². The molecule has 3 aromatic rings. The monoisotopic (exact) mass is 351 g/mol. The highest BCUT2D eigenvalue weighted by molar-refractivity contribution is 5.91. The predicted molar refractivity (Wildman–Crippen MR) is 95.5 cm³/mol. The summed E-state index contributed by atoms with van der Waals surface area (Å²) in [5, 5.41) is 4.13. The summed E-state index contributed by atoms with van der Waals surface area (Å²) in [6.07, 6.45) is 4.22. The molecule has 0 radical (unpaired) electrons. The van der Waals surface area contributed by atoms with E-state index in [9.17, 15) is 4.79 Å². The minimum atomic E-state index is -0.0502. The Bertz CT molecular complexity index is 885. The molecule has 4 rings (SSSR count). The second-order valence-corrected chi connectivity index (χ2v) is 6.77. The minimum absolute atomic E-state index is 0.0502. The molecule has 0 unspecified atom stereocenters. The molecule has 3 heterocycles. The number of benzene rings is 1. The first-order valence-electron chi connectivity index (χ1n) is 8.92. The average molecular weight is 351 g/mol. The van der Waals surface area contributed by atoms with Crippen molar-refractivity contribution in [3.63, 3.8) is 0 Å². The first-order chi connectivity index (χ1) is 12.7. The van der Waals surface area contributed by atoms with Gasteiger partial charge in [-0.1, -0.05) is 29.4 Å². The number of piperidine rings is 1. The topological polar surface area (TPSA) is 72.4 Å². The largest absolute Gasteiger partial charge is 0.459 e. The van der Waals surface area contributed by atoms with Gasteiger partial charge in [-0.3, -0.25) is 4.79 Å². The summed E-state index contributed by atoms with van der Waals surface area (Å²) >= 11 is 0. The van der Waals surface area contributed by atoms with Crippen LogP contribution >= 0.6 is 0 Å². The number of amides is 1. The zero-order chi connectivity index (χ0) is 17.9. The van der Waals surface area contributed by atoms with Gasteiger partial charge in [0.25, 0.3) is 5.91 Å². The fourth-order valence-electron chi connectivity index (χ4n) is 3.49. The van der Waals surface area contributed by atoms with E-state index >= 15 is 0 Å². The summed E-state index contributed by atoms with van der Waals surface area (Å²) in [5.41, 5.74) is 2.11. The van der Waals surface area contributed by atoms with Crippen molar-refractivity contribution in [2.24, 2.45) is 5.92 Å². The molecule has 6 nitrogen and oxygen atoms in total. The van der Waals surface area contributed by atoms with Crippen molar-refractivity contribution in [3.8, 4) is 11.4 Å². The number of rotatable bonds is 4. The van der Waals surface area contributed by atoms with Crippen molar-refractivity contribution in [1.29, 1.82) is 0 Å². The Kier molecular flexibility index (Phi) is 4.56. The van der Waals surface area contributed by atoms with Crippen molar-refractivity contribution in [2.75, 3.05) is 13.1 Å². The van der Waals surface area contributed by atoms with Crippen LogP contribution in [0, 0.1) is 12.8 Å². The Morgan fingerprint density at radius 2 is 2.15 bits per heavy atom. The third kappa shape index (κ3) is 3.40. The number of nitrogens with zero attached hydrogens (tertiary/aromatic N) is 3. The first-order valence-corrected chi connectivity index (χ1v) is 8.92. The maximum Gasteiger partial charge on any atom is 0.289 e. The van der Waals surface area contributed by atoms with Crippen LogP contribution in [0.1, 0.15) is 34.9 Å². The van der Waals surface area contributed by atoms with Crippen molar-refractivity contribution >= 4 is 5.91 Å². The maximum atomic E-state index is 12.5. The van der Waals surface area contributed by atoms with E-state index in [-0.39, 0.29) is 5.91 Å². The first kappa shape index (κ1) is 16.6. The van der Waals surface area contributed by atoms with E-state index in [2.05, 4.69) is 10.1 Å². The van der Waals surface area contributed by atoms with Gasteiger partial charge in [0.2, 0.25) is 11.7 Å². The van der Waals surface area contributed by atoms with Gasteiger partial charge in [0.1, 0.15) is 0 Å². The second kappa shape index (κ2) is 7.15. The lowest BCUT2D eigenvalue weighted by Gasteiger charge is -2.31. The van der Waals surface area contributed by atoms with Crippen LogP contribution in [0.25, 0.3) is 11.4 Å². The Hall–Kier alpha value is -2.89. The molecule has 0 bridgehead atoms. The lowest BCUT2D eigenvalue weighted by Crippen LogP contribution is -2.40.